The summed E-state index contributed by atoms with van der Waals surface area (Å²) in [6.45, 7) is 2.22. The van der Waals surface area contributed by atoms with Crippen LogP contribution in [0.15, 0.2) is 59.5 Å². The number of phenolic OH excluding ortho intramolecular Hbond substituents is 1. The van der Waals surface area contributed by atoms with E-state index in [2.05, 4.69) is 12.2 Å². The molecule has 2 N–H and O–H groups in total. The minimum atomic E-state index is -0.173. The Morgan fingerprint density at radius 3 is 2.44 bits per heavy atom. The van der Waals surface area contributed by atoms with E-state index in [4.69, 9.17) is 0 Å². The predicted octanol–water partition coefficient (Wildman–Crippen LogP) is 5.72. The van der Waals surface area contributed by atoms with Crippen LogP contribution in [0.3, 0.4) is 0 Å². The molecule has 0 bridgehead atoms. The number of thioether (sulfide) groups is 1. The van der Waals surface area contributed by atoms with Gasteiger partial charge >= 0.3 is 0 Å². The van der Waals surface area contributed by atoms with Gasteiger partial charge in [-0.25, -0.2) is 0 Å². The molecule has 0 saturated carbocycles. The highest BCUT2D eigenvalue weighted by Crippen LogP contribution is 2.22. The fraction of sp³-hybridized carbons (Fsp3) is 0.286. The number of hydrogen-bond acceptors (Lipinski definition) is 3. The Morgan fingerprint density at radius 2 is 1.76 bits per heavy atom. The van der Waals surface area contributed by atoms with Gasteiger partial charge in [-0.2, -0.15) is 0 Å². The third-order valence-electron chi connectivity index (χ3n) is 3.71. The number of hydrogen-bond donors (Lipinski definition) is 2. The van der Waals surface area contributed by atoms with Gasteiger partial charge in [-0.15, -0.1) is 11.8 Å². The summed E-state index contributed by atoms with van der Waals surface area (Å²) in [5.74, 6) is 1.18. The summed E-state index contributed by atoms with van der Waals surface area (Å²) < 4.78 is 0. The molecule has 0 saturated heterocycles. The first-order chi connectivity index (χ1) is 12.2. The Hall–Kier alpha value is -2.20. The van der Waals surface area contributed by atoms with Crippen LogP contribution in [0.4, 0.5) is 5.69 Å². The molecule has 0 unspecified atom stereocenters. The molecule has 2 rings (SSSR count). The van der Waals surface area contributed by atoms with Crippen LogP contribution in [0.2, 0.25) is 0 Å². The zero-order valence-electron chi connectivity index (χ0n) is 14.6. The van der Waals surface area contributed by atoms with E-state index in [1.807, 2.05) is 36.0 Å². The summed E-state index contributed by atoms with van der Waals surface area (Å²) in [7, 11) is 0. The fourth-order valence-electron chi connectivity index (χ4n) is 2.29. The molecule has 0 fully saturated rings. The Bertz CT molecular complexity index is 678. The van der Waals surface area contributed by atoms with Crippen LogP contribution in [0.25, 0.3) is 6.08 Å². The van der Waals surface area contributed by atoms with Crippen molar-refractivity contribution < 1.29 is 9.90 Å². The Morgan fingerprint density at radius 1 is 1.04 bits per heavy atom. The van der Waals surface area contributed by atoms with E-state index in [1.54, 1.807) is 30.3 Å². The minimum Gasteiger partial charge on any atom is -0.508 e. The van der Waals surface area contributed by atoms with Crippen molar-refractivity contribution in [2.45, 2.75) is 37.5 Å². The van der Waals surface area contributed by atoms with Crippen LogP contribution in [-0.4, -0.2) is 16.8 Å². The second kappa shape index (κ2) is 10.6. The third kappa shape index (κ3) is 7.48. The number of phenols is 1. The topological polar surface area (TPSA) is 49.3 Å². The number of benzene rings is 2. The van der Waals surface area contributed by atoms with Crippen molar-refractivity contribution in [3.63, 3.8) is 0 Å². The molecule has 0 aliphatic carbocycles. The Balaban J connectivity index is 1.78. The number of carbonyl (C=O) groups is 1. The molecule has 2 aromatic carbocycles. The smallest absolute Gasteiger partial charge is 0.248 e. The molecule has 0 heterocycles. The van der Waals surface area contributed by atoms with Gasteiger partial charge in [-0.3, -0.25) is 4.79 Å². The van der Waals surface area contributed by atoms with Crippen molar-refractivity contribution in [2.24, 2.45) is 0 Å². The van der Waals surface area contributed by atoms with E-state index < -0.39 is 0 Å². The maximum absolute atomic E-state index is 12.0. The zero-order valence-corrected chi connectivity index (χ0v) is 15.4. The average molecular weight is 356 g/mol. The van der Waals surface area contributed by atoms with E-state index in [0.717, 1.165) is 17.0 Å². The summed E-state index contributed by atoms with van der Waals surface area (Å²) in [5.41, 5.74) is 1.65. The first kappa shape index (κ1) is 19.1. The van der Waals surface area contributed by atoms with E-state index >= 15 is 0 Å². The van der Waals surface area contributed by atoms with Crippen molar-refractivity contribution in [1.29, 1.82) is 0 Å². The summed E-state index contributed by atoms with van der Waals surface area (Å²) in [6.07, 6.45) is 8.32. The van der Waals surface area contributed by atoms with Crippen LogP contribution in [0.1, 0.15) is 38.2 Å². The van der Waals surface area contributed by atoms with Gasteiger partial charge in [-0.1, -0.05) is 38.3 Å². The average Bonchev–Trinajstić information content (AvgIpc) is 2.62. The third-order valence-corrected chi connectivity index (χ3v) is 4.81. The Kier molecular flexibility index (Phi) is 8.13. The van der Waals surface area contributed by atoms with Crippen LogP contribution in [0, 0.1) is 0 Å². The van der Waals surface area contributed by atoms with Gasteiger partial charge in [0.05, 0.1) is 0 Å². The number of rotatable bonds is 9. The van der Waals surface area contributed by atoms with Gasteiger partial charge in [0.2, 0.25) is 5.91 Å². The van der Waals surface area contributed by atoms with E-state index in [1.165, 1.54) is 36.7 Å². The SMILES string of the molecule is CCCCCCSc1ccc(NC(=O)/C=C/c2ccc(O)cc2)cc1. The predicted molar refractivity (Wildman–Crippen MR) is 107 cm³/mol. The van der Waals surface area contributed by atoms with Crippen molar-refractivity contribution in [1.82, 2.24) is 0 Å². The van der Waals surface area contributed by atoms with Crippen LogP contribution >= 0.6 is 11.8 Å². The van der Waals surface area contributed by atoms with Gasteiger partial charge < -0.3 is 10.4 Å². The number of carbonyl (C=O) groups excluding carboxylic acids is 1. The Labute approximate surface area is 154 Å². The summed E-state index contributed by atoms with van der Waals surface area (Å²) in [4.78, 5) is 13.2. The molecule has 2 aromatic rings. The molecule has 25 heavy (non-hydrogen) atoms. The maximum atomic E-state index is 12.0. The molecule has 4 heteroatoms. The summed E-state index contributed by atoms with van der Waals surface area (Å²) in [6, 6.07) is 14.7. The lowest BCUT2D eigenvalue weighted by Gasteiger charge is -2.05. The first-order valence-electron chi connectivity index (χ1n) is 8.68. The molecule has 132 valence electrons. The molecule has 3 nitrogen and oxygen atoms in total. The van der Waals surface area contributed by atoms with Gasteiger partial charge in [0.15, 0.2) is 0 Å². The molecular formula is C21H25NO2S. The number of anilines is 1. The quantitative estimate of drug-likeness (QED) is 0.344. The molecule has 0 aromatic heterocycles. The standard InChI is InChI=1S/C21H25NO2S/c1-2-3-4-5-16-25-20-13-9-18(10-14-20)22-21(24)15-8-17-6-11-19(23)12-7-17/h6-15,23H,2-5,16H2,1H3,(H,22,24)/b15-8+. The largest absolute Gasteiger partial charge is 0.508 e. The van der Waals surface area contributed by atoms with Crippen molar-refractivity contribution in [2.75, 3.05) is 11.1 Å². The van der Waals surface area contributed by atoms with E-state index in [9.17, 15) is 9.90 Å². The van der Waals surface area contributed by atoms with Crippen LogP contribution in [0.5, 0.6) is 5.75 Å². The number of aromatic hydroxyl groups is 1. The number of unbranched alkanes of at least 4 members (excludes halogenated alkanes) is 3. The van der Waals surface area contributed by atoms with Crippen LogP contribution < -0.4 is 5.32 Å². The molecule has 0 atom stereocenters. The molecule has 1 amide bonds. The fourth-order valence-corrected chi connectivity index (χ4v) is 3.21. The molecule has 0 radical (unpaired) electrons. The monoisotopic (exact) mass is 355 g/mol. The molecular weight excluding hydrogens is 330 g/mol. The first-order valence-corrected chi connectivity index (χ1v) is 9.67. The second-order valence-electron chi connectivity index (χ2n) is 5.85. The highest BCUT2D eigenvalue weighted by Gasteiger charge is 1.99. The van der Waals surface area contributed by atoms with E-state index in [0.29, 0.717) is 0 Å². The lowest BCUT2D eigenvalue weighted by molar-refractivity contribution is -0.111. The lowest BCUT2D eigenvalue weighted by Crippen LogP contribution is -2.07. The summed E-state index contributed by atoms with van der Waals surface area (Å²) in [5, 5.41) is 12.1. The summed E-state index contributed by atoms with van der Waals surface area (Å²) >= 11 is 1.86. The van der Waals surface area contributed by atoms with Gasteiger partial charge in [0.25, 0.3) is 0 Å². The zero-order chi connectivity index (χ0) is 17.9. The number of amides is 1. The number of nitrogens with one attached hydrogen (secondary N) is 1. The minimum absolute atomic E-state index is 0.173. The molecule has 0 aliphatic heterocycles. The molecule has 0 aliphatic rings. The highest BCUT2D eigenvalue weighted by molar-refractivity contribution is 7.99. The van der Waals surface area contributed by atoms with Gasteiger partial charge in [0.1, 0.15) is 5.75 Å². The van der Waals surface area contributed by atoms with Crippen molar-refractivity contribution in [3.8, 4) is 5.75 Å². The normalized spacial score (nSPS) is 10.9. The van der Waals surface area contributed by atoms with Crippen molar-refractivity contribution in [3.05, 3.63) is 60.2 Å². The highest BCUT2D eigenvalue weighted by atomic mass is 32.2. The van der Waals surface area contributed by atoms with Gasteiger partial charge in [-0.05, 0) is 60.2 Å². The lowest BCUT2D eigenvalue weighted by atomic mass is 10.2. The second-order valence-corrected chi connectivity index (χ2v) is 7.02. The van der Waals surface area contributed by atoms with Crippen molar-refractivity contribution >= 4 is 29.4 Å². The molecule has 0 spiro atoms. The van der Waals surface area contributed by atoms with Gasteiger partial charge in [0, 0.05) is 16.7 Å². The van der Waals surface area contributed by atoms with E-state index in [-0.39, 0.29) is 11.7 Å². The maximum Gasteiger partial charge on any atom is 0.248 e. The van der Waals surface area contributed by atoms with Crippen LogP contribution in [-0.2, 0) is 4.79 Å².